The third-order valence-electron chi connectivity index (χ3n) is 5.08. The Balaban J connectivity index is 1.51. The van der Waals surface area contributed by atoms with Crippen molar-refractivity contribution in [1.29, 1.82) is 0 Å². The molecule has 4 rings (SSSR count). The van der Waals surface area contributed by atoms with Crippen LogP contribution in [0.2, 0.25) is 0 Å². The van der Waals surface area contributed by atoms with Crippen LogP contribution in [0.5, 0.6) is 11.5 Å². The zero-order valence-corrected chi connectivity index (χ0v) is 16.5. The molecule has 0 aliphatic carbocycles. The highest BCUT2D eigenvalue weighted by atomic mass is 32.1. The van der Waals surface area contributed by atoms with E-state index in [9.17, 15) is 9.59 Å². The normalized spacial score (nSPS) is 19.8. The first kappa shape index (κ1) is 18.7. The monoisotopic (exact) mass is 401 g/mol. The van der Waals surface area contributed by atoms with Gasteiger partial charge in [0.25, 0.3) is 5.91 Å². The molecule has 1 aromatic heterocycles. The SMILES string of the molecule is CC(=O)NC(c1nccs1)C1CCCN(C(=O)c2ccc3c(c2)OCCO3)C1. The zero-order valence-electron chi connectivity index (χ0n) is 15.7. The molecular weight excluding hydrogens is 378 g/mol. The summed E-state index contributed by atoms with van der Waals surface area (Å²) in [6, 6.07) is 5.16. The number of piperidine rings is 1. The van der Waals surface area contributed by atoms with E-state index in [-0.39, 0.29) is 23.8 Å². The summed E-state index contributed by atoms with van der Waals surface area (Å²) in [6.45, 7) is 3.81. The number of amides is 2. The number of rotatable bonds is 4. The molecule has 1 aromatic carbocycles. The maximum absolute atomic E-state index is 13.1. The van der Waals surface area contributed by atoms with Gasteiger partial charge in [-0.25, -0.2) is 4.98 Å². The summed E-state index contributed by atoms with van der Waals surface area (Å²) in [4.78, 5) is 31.1. The van der Waals surface area contributed by atoms with Crippen LogP contribution in [0.3, 0.4) is 0 Å². The summed E-state index contributed by atoms with van der Waals surface area (Å²) >= 11 is 1.53. The predicted molar refractivity (Wildman–Crippen MR) is 105 cm³/mol. The zero-order chi connectivity index (χ0) is 19.5. The molecule has 3 heterocycles. The van der Waals surface area contributed by atoms with Gasteiger partial charge in [-0.05, 0) is 31.0 Å². The Labute approximate surface area is 167 Å². The average molecular weight is 401 g/mol. The van der Waals surface area contributed by atoms with Crippen LogP contribution in [-0.2, 0) is 4.79 Å². The lowest BCUT2D eigenvalue weighted by atomic mass is 9.90. The Morgan fingerprint density at radius 3 is 2.86 bits per heavy atom. The Morgan fingerprint density at radius 1 is 1.29 bits per heavy atom. The molecule has 0 bridgehead atoms. The van der Waals surface area contributed by atoms with Crippen LogP contribution < -0.4 is 14.8 Å². The van der Waals surface area contributed by atoms with Crippen molar-refractivity contribution >= 4 is 23.2 Å². The van der Waals surface area contributed by atoms with Crippen molar-refractivity contribution in [1.82, 2.24) is 15.2 Å². The lowest BCUT2D eigenvalue weighted by Crippen LogP contribution is -2.45. The second kappa shape index (κ2) is 8.18. The molecule has 2 atom stereocenters. The second-order valence-electron chi connectivity index (χ2n) is 7.06. The highest BCUT2D eigenvalue weighted by Gasteiger charge is 2.33. The van der Waals surface area contributed by atoms with Gasteiger partial charge in [0.05, 0.1) is 6.04 Å². The minimum absolute atomic E-state index is 0.0256. The molecule has 2 amide bonds. The van der Waals surface area contributed by atoms with E-state index in [0.717, 1.165) is 17.8 Å². The van der Waals surface area contributed by atoms with E-state index in [4.69, 9.17) is 9.47 Å². The first-order valence-corrected chi connectivity index (χ1v) is 10.3. The molecule has 0 saturated carbocycles. The number of hydrogen-bond acceptors (Lipinski definition) is 6. The summed E-state index contributed by atoms with van der Waals surface area (Å²) in [5.74, 6) is 1.31. The fourth-order valence-corrected chi connectivity index (χ4v) is 4.59. The van der Waals surface area contributed by atoms with Crippen LogP contribution in [0.15, 0.2) is 29.8 Å². The molecule has 0 spiro atoms. The number of carbonyl (C=O) groups is 2. The summed E-state index contributed by atoms with van der Waals surface area (Å²) < 4.78 is 11.1. The smallest absolute Gasteiger partial charge is 0.254 e. The molecule has 28 heavy (non-hydrogen) atoms. The van der Waals surface area contributed by atoms with E-state index in [0.29, 0.717) is 43.4 Å². The molecule has 148 valence electrons. The predicted octanol–water partition coefficient (Wildman–Crippen LogP) is 2.64. The molecule has 2 aliphatic rings. The highest BCUT2D eigenvalue weighted by Crippen LogP contribution is 2.34. The lowest BCUT2D eigenvalue weighted by Gasteiger charge is -2.36. The van der Waals surface area contributed by atoms with Crippen molar-refractivity contribution in [3.05, 3.63) is 40.3 Å². The van der Waals surface area contributed by atoms with Gasteiger partial charge in [-0.15, -0.1) is 11.3 Å². The largest absolute Gasteiger partial charge is 0.486 e. The number of carbonyl (C=O) groups excluding carboxylic acids is 2. The molecule has 2 aliphatic heterocycles. The number of benzene rings is 1. The average Bonchev–Trinajstić information content (AvgIpc) is 3.25. The Kier molecular flexibility index (Phi) is 5.47. The van der Waals surface area contributed by atoms with E-state index < -0.39 is 0 Å². The number of thiazole rings is 1. The van der Waals surface area contributed by atoms with Gasteiger partial charge in [-0.1, -0.05) is 0 Å². The van der Waals surface area contributed by atoms with Crippen LogP contribution in [0.25, 0.3) is 0 Å². The first-order valence-electron chi connectivity index (χ1n) is 9.47. The Bertz CT molecular complexity index is 855. The number of aromatic nitrogens is 1. The fraction of sp³-hybridized carbons (Fsp3) is 0.450. The van der Waals surface area contributed by atoms with E-state index in [1.54, 1.807) is 24.4 Å². The van der Waals surface area contributed by atoms with Gasteiger partial charge in [-0.2, -0.15) is 0 Å². The minimum Gasteiger partial charge on any atom is -0.486 e. The summed E-state index contributed by atoms with van der Waals surface area (Å²) in [7, 11) is 0. The van der Waals surface area contributed by atoms with E-state index in [1.165, 1.54) is 18.3 Å². The van der Waals surface area contributed by atoms with Gasteiger partial charge < -0.3 is 19.7 Å². The summed E-state index contributed by atoms with van der Waals surface area (Å²) in [6.07, 6.45) is 3.58. The molecule has 1 fully saturated rings. The van der Waals surface area contributed by atoms with Crippen LogP contribution in [0.4, 0.5) is 0 Å². The molecule has 1 N–H and O–H groups in total. The Morgan fingerprint density at radius 2 is 2.11 bits per heavy atom. The van der Waals surface area contributed by atoms with Crippen molar-refractivity contribution in [2.75, 3.05) is 26.3 Å². The van der Waals surface area contributed by atoms with Crippen molar-refractivity contribution in [2.45, 2.75) is 25.8 Å². The molecule has 0 radical (unpaired) electrons. The number of likely N-dealkylation sites (tertiary alicyclic amines) is 1. The molecule has 1 saturated heterocycles. The van der Waals surface area contributed by atoms with Gasteiger partial charge in [0.2, 0.25) is 5.91 Å². The first-order chi connectivity index (χ1) is 13.6. The molecular formula is C20H23N3O4S. The van der Waals surface area contributed by atoms with Crippen LogP contribution in [0, 0.1) is 5.92 Å². The van der Waals surface area contributed by atoms with Crippen LogP contribution in [-0.4, -0.2) is 48.0 Å². The van der Waals surface area contributed by atoms with Crippen molar-refractivity contribution < 1.29 is 19.1 Å². The number of hydrogen-bond donors (Lipinski definition) is 1. The molecule has 7 nitrogen and oxygen atoms in total. The number of ether oxygens (including phenoxy) is 2. The molecule has 2 aromatic rings. The maximum atomic E-state index is 13.1. The third kappa shape index (κ3) is 3.96. The quantitative estimate of drug-likeness (QED) is 0.852. The topological polar surface area (TPSA) is 80.8 Å². The van der Waals surface area contributed by atoms with Gasteiger partial charge in [0, 0.05) is 43.1 Å². The number of nitrogens with one attached hydrogen (secondary N) is 1. The van der Waals surface area contributed by atoms with E-state index in [2.05, 4.69) is 10.3 Å². The third-order valence-corrected chi connectivity index (χ3v) is 5.94. The van der Waals surface area contributed by atoms with Crippen LogP contribution >= 0.6 is 11.3 Å². The van der Waals surface area contributed by atoms with E-state index >= 15 is 0 Å². The highest BCUT2D eigenvalue weighted by molar-refractivity contribution is 7.09. The lowest BCUT2D eigenvalue weighted by molar-refractivity contribution is -0.120. The molecule has 2 unspecified atom stereocenters. The van der Waals surface area contributed by atoms with Gasteiger partial charge in [-0.3, -0.25) is 9.59 Å². The second-order valence-corrected chi connectivity index (χ2v) is 7.99. The van der Waals surface area contributed by atoms with Gasteiger partial charge >= 0.3 is 0 Å². The maximum Gasteiger partial charge on any atom is 0.254 e. The van der Waals surface area contributed by atoms with Crippen molar-refractivity contribution in [3.8, 4) is 11.5 Å². The van der Waals surface area contributed by atoms with Crippen molar-refractivity contribution in [3.63, 3.8) is 0 Å². The number of nitrogens with zero attached hydrogens (tertiary/aromatic N) is 2. The summed E-state index contributed by atoms with van der Waals surface area (Å²) in [5, 5.41) is 5.82. The summed E-state index contributed by atoms with van der Waals surface area (Å²) in [5.41, 5.74) is 0.593. The van der Waals surface area contributed by atoms with Gasteiger partial charge in [0.15, 0.2) is 11.5 Å². The van der Waals surface area contributed by atoms with Gasteiger partial charge in [0.1, 0.15) is 18.2 Å². The fourth-order valence-electron chi connectivity index (χ4n) is 3.81. The minimum atomic E-state index is -0.173. The van der Waals surface area contributed by atoms with E-state index in [1.807, 2.05) is 10.3 Å². The molecule has 8 heteroatoms. The number of fused-ring (bicyclic) bond motifs is 1. The Hall–Kier alpha value is -2.61. The van der Waals surface area contributed by atoms with Crippen LogP contribution in [0.1, 0.15) is 41.2 Å². The van der Waals surface area contributed by atoms with Crippen molar-refractivity contribution in [2.24, 2.45) is 5.92 Å². The standard InChI is InChI=1S/C20H23N3O4S/c1-13(24)22-18(19-21-6-10-28-19)15-3-2-7-23(12-15)20(25)14-4-5-16-17(11-14)27-9-8-26-16/h4-6,10-11,15,18H,2-3,7-9,12H2,1H3,(H,22,24).